The highest BCUT2D eigenvalue weighted by atomic mass is 16.7. The lowest BCUT2D eigenvalue weighted by Crippen LogP contribution is -2.31. The number of nitrogens with zero attached hydrogens (tertiary/aromatic N) is 1. The quantitative estimate of drug-likeness (QED) is 0.462. The summed E-state index contributed by atoms with van der Waals surface area (Å²) in [6.45, 7) is 3.93. The summed E-state index contributed by atoms with van der Waals surface area (Å²) in [5, 5.41) is 10.5. The van der Waals surface area contributed by atoms with Crippen LogP contribution in [0, 0.1) is 0 Å². The third-order valence-electron chi connectivity index (χ3n) is 2.29. The number of benzene rings is 1. The Morgan fingerprint density at radius 3 is 2.67 bits per heavy atom. The lowest BCUT2D eigenvalue weighted by molar-refractivity contribution is -0.162. The second-order valence-corrected chi connectivity index (χ2v) is 3.72. The second-order valence-electron chi connectivity index (χ2n) is 3.72. The maximum Gasteiger partial charge on any atom is 0.142 e. The molecule has 102 valence electrons. The van der Waals surface area contributed by atoms with Crippen LogP contribution >= 0.6 is 0 Å². The van der Waals surface area contributed by atoms with Gasteiger partial charge in [0.2, 0.25) is 0 Å². The molecule has 0 atom stereocenters. The van der Waals surface area contributed by atoms with E-state index in [4.69, 9.17) is 26.1 Å². The third-order valence-corrected chi connectivity index (χ3v) is 2.29. The zero-order valence-electron chi connectivity index (χ0n) is 10.6. The fourth-order valence-corrected chi connectivity index (χ4v) is 1.49. The zero-order valence-corrected chi connectivity index (χ0v) is 10.6. The van der Waals surface area contributed by atoms with Crippen LogP contribution in [0.1, 0.15) is 6.92 Å². The predicted octanol–water partition coefficient (Wildman–Crippen LogP) is 0.476. The van der Waals surface area contributed by atoms with Crippen molar-refractivity contribution in [2.75, 3.05) is 44.4 Å². The maximum absolute atomic E-state index is 8.86. The lowest BCUT2D eigenvalue weighted by atomic mass is 10.2. The van der Waals surface area contributed by atoms with Gasteiger partial charge in [0.25, 0.3) is 0 Å². The minimum absolute atomic E-state index is 0.0456. The largest absolute Gasteiger partial charge is 0.490 e. The number of nitrogen functional groups attached to an aromatic ring is 2. The van der Waals surface area contributed by atoms with Crippen LogP contribution < -0.4 is 16.2 Å². The van der Waals surface area contributed by atoms with Crippen molar-refractivity contribution in [1.29, 1.82) is 0 Å². The molecule has 5 N–H and O–H groups in total. The van der Waals surface area contributed by atoms with Gasteiger partial charge in [-0.25, -0.2) is 0 Å². The van der Waals surface area contributed by atoms with Crippen molar-refractivity contribution in [3.05, 3.63) is 18.2 Å². The van der Waals surface area contributed by atoms with E-state index in [0.29, 0.717) is 43.4 Å². The number of hydrogen-bond acceptors (Lipinski definition) is 6. The minimum atomic E-state index is 0.0456. The summed E-state index contributed by atoms with van der Waals surface area (Å²) in [5.74, 6) is 0.602. The summed E-state index contributed by atoms with van der Waals surface area (Å²) in [6.07, 6.45) is 0. The molecule has 0 fully saturated rings. The Hall–Kier alpha value is -1.50. The minimum Gasteiger partial charge on any atom is -0.490 e. The number of nitrogens with two attached hydrogens (primary N) is 2. The van der Waals surface area contributed by atoms with E-state index >= 15 is 0 Å². The van der Waals surface area contributed by atoms with E-state index in [1.165, 1.54) is 0 Å². The van der Waals surface area contributed by atoms with Gasteiger partial charge in [-0.2, -0.15) is 5.06 Å². The number of aliphatic hydroxyl groups is 1. The van der Waals surface area contributed by atoms with Crippen LogP contribution in [0.4, 0.5) is 11.4 Å². The fourth-order valence-electron chi connectivity index (χ4n) is 1.49. The number of aliphatic hydroxyl groups excluding tert-OH is 1. The normalized spacial score (nSPS) is 10.8. The van der Waals surface area contributed by atoms with Crippen LogP contribution in [-0.4, -0.2) is 43.1 Å². The molecule has 6 heteroatoms. The molecule has 0 saturated heterocycles. The number of hydrogen-bond donors (Lipinski definition) is 3. The van der Waals surface area contributed by atoms with E-state index in [1.807, 2.05) is 6.92 Å². The average molecular weight is 255 g/mol. The first-order chi connectivity index (χ1) is 8.67. The summed E-state index contributed by atoms with van der Waals surface area (Å²) in [6, 6.07) is 5.13. The molecule has 0 aromatic heterocycles. The molecular formula is C12H21N3O3. The highest BCUT2D eigenvalue weighted by molar-refractivity contribution is 5.60. The van der Waals surface area contributed by atoms with Crippen molar-refractivity contribution in [3.8, 4) is 5.75 Å². The number of ether oxygens (including phenoxy) is 1. The molecule has 0 amide bonds. The van der Waals surface area contributed by atoms with Crippen molar-refractivity contribution in [1.82, 2.24) is 5.06 Å². The molecule has 0 radical (unpaired) electrons. The molecule has 0 aliphatic carbocycles. The van der Waals surface area contributed by atoms with Crippen LogP contribution in [0.5, 0.6) is 5.75 Å². The molecule has 1 aromatic carbocycles. The van der Waals surface area contributed by atoms with Crippen LogP contribution in [0.15, 0.2) is 18.2 Å². The van der Waals surface area contributed by atoms with Gasteiger partial charge in [-0.3, -0.25) is 4.84 Å². The molecule has 0 aliphatic heterocycles. The Labute approximate surface area is 107 Å². The van der Waals surface area contributed by atoms with E-state index < -0.39 is 0 Å². The first-order valence-corrected chi connectivity index (χ1v) is 5.94. The van der Waals surface area contributed by atoms with E-state index in [9.17, 15) is 0 Å². The summed E-state index contributed by atoms with van der Waals surface area (Å²) >= 11 is 0. The van der Waals surface area contributed by atoms with Gasteiger partial charge in [-0.05, 0) is 25.1 Å². The third kappa shape index (κ3) is 4.79. The van der Waals surface area contributed by atoms with Crippen molar-refractivity contribution >= 4 is 11.4 Å². The maximum atomic E-state index is 8.86. The van der Waals surface area contributed by atoms with Crippen LogP contribution in [0.3, 0.4) is 0 Å². The van der Waals surface area contributed by atoms with E-state index in [1.54, 1.807) is 23.3 Å². The molecular weight excluding hydrogens is 234 g/mol. The Bertz CT molecular complexity index is 354. The molecule has 18 heavy (non-hydrogen) atoms. The van der Waals surface area contributed by atoms with Crippen LogP contribution in [0.25, 0.3) is 0 Å². The SMILES string of the molecule is CCON(CCO)CCOc1ccc(N)cc1N. The van der Waals surface area contributed by atoms with Gasteiger partial charge in [0, 0.05) is 12.2 Å². The van der Waals surface area contributed by atoms with E-state index in [2.05, 4.69) is 0 Å². The Morgan fingerprint density at radius 2 is 2.06 bits per heavy atom. The van der Waals surface area contributed by atoms with Crippen molar-refractivity contribution in [2.45, 2.75) is 6.92 Å². The molecule has 1 aromatic rings. The molecule has 0 heterocycles. The van der Waals surface area contributed by atoms with Crippen molar-refractivity contribution in [2.24, 2.45) is 0 Å². The van der Waals surface area contributed by atoms with E-state index in [-0.39, 0.29) is 6.61 Å². The van der Waals surface area contributed by atoms with Gasteiger partial charge in [-0.15, -0.1) is 0 Å². The molecule has 0 aliphatic rings. The summed E-state index contributed by atoms with van der Waals surface area (Å²) in [5.41, 5.74) is 12.5. The standard InChI is InChI=1S/C12H21N3O3/c1-2-18-15(5-7-16)6-8-17-12-4-3-10(13)9-11(12)14/h3-4,9,16H,2,5-8,13-14H2,1H3. The molecule has 1 rings (SSSR count). The van der Waals surface area contributed by atoms with Gasteiger partial charge in [0.05, 0.1) is 25.4 Å². The van der Waals surface area contributed by atoms with Crippen LogP contribution in [-0.2, 0) is 4.84 Å². The van der Waals surface area contributed by atoms with Gasteiger partial charge in [-0.1, -0.05) is 0 Å². The topological polar surface area (TPSA) is 94.0 Å². The monoisotopic (exact) mass is 255 g/mol. The Balaban J connectivity index is 2.39. The van der Waals surface area contributed by atoms with Gasteiger partial charge in [0.15, 0.2) is 0 Å². The summed E-state index contributed by atoms with van der Waals surface area (Å²) < 4.78 is 5.53. The van der Waals surface area contributed by atoms with Crippen LogP contribution in [0.2, 0.25) is 0 Å². The smallest absolute Gasteiger partial charge is 0.142 e. The summed E-state index contributed by atoms with van der Waals surface area (Å²) in [4.78, 5) is 5.31. The predicted molar refractivity (Wildman–Crippen MR) is 71.0 cm³/mol. The van der Waals surface area contributed by atoms with Crippen molar-refractivity contribution in [3.63, 3.8) is 0 Å². The average Bonchev–Trinajstić information content (AvgIpc) is 2.32. The Kier molecular flexibility index (Phi) is 6.27. The first kappa shape index (κ1) is 14.6. The number of hydroxylamine groups is 2. The summed E-state index contributed by atoms with van der Waals surface area (Å²) in [7, 11) is 0. The van der Waals surface area contributed by atoms with E-state index in [0.717, 1.165) is 0 Å². The van der Waals surface area contributed by atoms with Crippen molar-refractivity contribution < 1.29 is 14.7 Å². The second kappa shape index (κ2) is 7.75. The fraction of sp³-hybridized carbons (Fsp3) is 0.500. The zero-order chi connectivity index (χ0) is 13.4. The molecule has 0 saturated carbocycles. The van der Waals surface area contributed by atoms with Gasteiger partial charge >= 0.3 is 0 Å². The molecule has 0 unspecified atom stereocenters. The molecule has 6 nitrogen and oxygen atoms in total. The lowest BCUT2D eigenvalue weighted by Gasteiger charge is -2.20. The highest BCUT2D eigenvalue weighted by Crippen LogP contribution is 2.23. The van der Waals surface area contributed by atoms with Gasteiger partial charge < -0.3 is 21.3 Å². The molecule has 0 bridgehead atoms. The van der Waals surface area contributed by atoms with Gasteiger partial charge in [0.1, 0.15) is 12.4 Å². The highest BCUT2D eigenvalue weighted by Gasteiger charge is 2.05. The first-order valence-electron chi connectivity index (χ1n) is 5.94. The number of anilines is 2. The Morgan fingerprint density at radius 1 is 1.28 bits per heavy atom. The molecule has 0 spiro atoms. The number of rotatable bonds is 8.